The van der Waals surface area contributed by atoms with Crippen LogP contribution < -0.4 is 4.74 Å². The van der Waals surface area contributed by atoms with Gasteiger partial charge < -0.3 is 19.3 Å². The van der Waals surface area contributed by atoms with E-state index in [0.29, 0.717) is 30.9 Å². The van der Waals surface area contributed by atoms with Crippen molar-refractivity contribution in [2.75, 3.05) is 13.7 Å². The first-order valence-corrected chi connectivity index (χ1v) is 11.9. The number of nitrogens with zero attached hydrogens (tertiary/aromatic N) is 3. The van der Waals surface area contributed by atoms with E-state index in [0.717, 1.165) is 42.4 Å². The third-order valence-electron chi connectivity index (χ3n) is 7.26. The molecule has 2 amide bonds. The molecule has 2 heterocycles. The summed E-state index contributed by atoms with van der Waals surface area (Å²) >= 11 is 0. The lowest BCUT2D eigenvalue weighted by molar-refractivity contribution is -0.168. The van der Waals surface area contributed by atoms with Crippen LogP contribution in [0, 0.1) is 11.3 Å². The second-order valence-corrected chi connectivity index (χ2v) is 9.37. The standard InChI is InChI=1S/C27H29N3O4/c1-33-17-25-26(31)29-15-21-12-23(34-16-19-6-4-5-18(11-19)14-28)10-9-20(21)13-24(29)27(32)30(25)22-7-2-3-8-22/h4-6,9-12,22,24-25H,2-3,7-8,13,15-17H2,1H3/t24-,25-/m1/s1. The molecule has 34 heavy (non-hydrogen) atoms. The number of rotatable bonds is 6. The Labute approximate surface area is 199 Å². The molecule has 0 unspecified atom stereocenters. The molecule has 176 valence electrons. The number of benzene rings is 2. The Morgan fingerprint density at radius 1 is 1.06 bits per heavy atom. The van der Waals surface area contributed by atoms with Crippen LogP contribution in [0.2, 0.25) is 0 Å². The van der Waals surface area contributed by atoms with Crippen molar-refractivity contribution in [2.24, 2.45) is 0 Å². The molecule has 0 N–H and O–H groups in total. The molecule has 2 aromatic rings. The van der Waals surface area contributed by atoms with E-state index in [9.17, 15) is 9.59 Å². The number of ether oxygens (including phenoxy) is 2. The third-order valence-corrected chi connectivity index (χ3v) is 7.26. The Hall–Kier alpha value is -3.37. The van der Waals surface area contributed by atoms with Gasteiger partial charge >= 0.3 is 0 Å². The molecule has 5 rings (SSSR count). The maximum absolute atomic E-state index is 13.6. The van der Waals surface area contributed by atoms with Crippen LogP contribution in [0.3, 0.4) is 0 Å². The number of piperazine rings is 1. The smallest absolute Gasteiger partial charge is 0.248 e. The molecule has 7 heteroatoms. The van der Waals surface area contributed by atoms with Gasteiger partial charge in [-0.15, -0.1) is 0 Å². The van der Waals surface area contributed by atoms with Gasteiger partial charge in [0.2, 0.25) is 11.8 Å². The topological polar surface area (TPSA) is 82.9 Å². The number of amides is 2. The summed E-state index contributed by atoms with van der Waals surface area (Å²) in [4.78, 5) is 30.7. The highest BCUT2D eigenvalue weighted by atomic mass is 16.5. The van der Waals surface area contributed by atoms with E-state index in [1.165, 1.54) is 0 Å². The highest BCUT2D eigenvalue weighted by molar-refractivity contribution is 5.98. The predicted molar refractivity (Wildman–Crippen MR) is 125 cm³/mol. The number of nitriles is 1. The number of hydrogen-bond donors (Lipinski definition) is 0. The first-order valence-electron chi connectivity index (χ1n) is 11.9. The monoisotopic (exact) mass is 459 g/mol. The van der Waals surface area contributed by atoms with Gasteiger partial charge in [-0.25, -0.2) is 0 Å². The van der Waals surface area contributed by atoms with Crippen LogP contribution >= 0.6 is 0 Å². The molecule has 2 atom stereocenters. The Morgan fingerprint density at radius 2 is 1.88 bits per heavy atom. The van der Waals surface area contributed by atoms with Crippen molar-refractivity contribution >= 4 is 11.8 Å². The van der Waals surface area contributed by atoms with Crippen LogP contribution in [0.15, 0.2) is 42.5 Å². The summed E-state index contributed by atoms with van der Waals surface area (Å²) in [6.45, 7) is 0.969. The third kappa shape index (κ3) is 4.14. The molecule has 0 radical (unpaired) electrons. The quantitative estimate of drug-likeness (QED) is 0.663. The van der Waals surface area contributed by atoms with Crippen molar-refractivity contribution in [3.8, 4) is 11.8 Å². The van der Waals surface area contributed by atoms with Crippen LogP contribution in [0.4, 0.5) is 0 Å². The maximum Gasteiger partial charge on any atom is 0.248 e. The van der Waals surface area contributed by atoms with Crippen LogP contribution in [0.25, 0.3) is 0 Å². The van der Waals surface area contributed by atoms with Gasteiger partial charge in [-0.05, 0) is 53.8 Å². The molecule has 1 saturated carbocycles. The fraction of sp³-hybridized carbons (Fsp3) is 0.444. The number of carbonyl (C=O) groups excluding carboxylic acids is 2. The van der Waals surface area contributed by atoms with Crippen molar-refractivity contribution in [2.45, 2.75) is 63.4 Å². The van der Waals surface area contributed by atoms with E-state index in [2.05, 4.69) is 6.07 Å². The lowest BCUT2D eigenvalue weighted by Gasteiger charge is -2.49. The molecule has 2 fully saturated rings. The second-order valence-electron chi connectivity index (χ2n) is 9.37. The summed E-state index contributed by atoms with van der Waals surface area (Å²) in [6.07, 6.45) is 4.64. The lowest BCUT2D eigenvalue weighted by atomic mass is 9.89. The number of carbonyl (C=O) groups is 2. The molecule has 7 nitrogen and oxygen atoms in total. The van der Waals surface area contributed by atoms with E-state index < -0.39 is 12.1 Å². The highest BCUT2D eigenvalue weighted by Gasteiger charge is 2.50. The van der Waals surface area contributed by atoms with E-state index in [-0.39, 0.29) is 24.5 Å². The largest absolute Gasteiger partial charge is 0.489 e. The number of fused-ring (bicyclic) bond motifs is 2. The molecule has 2 aliphatic heterocycles. The van der Waals surface area contributed by atoms with Gasteiger partial charge in [0, 0.05) is 26.1 Å². The Morgan fingerprint density at radius 3 is 2.65 bits per heavy atom. The summed E-state index contributed by atoms with van der Waals surface area (Å²) in [7, 11) is 1.58. The average Bonchev–Trinajstić information content (AvgIpc) is 3.39. The number of hydrogen-bond acceptors (Lipinski definition) is 5. The van der Waals surface area contributed by atoms with Crippen LogP contribution in [-0.2, 0) is 33.9 Å². The zero-order valence-electron chi connectivity index (χ0n) is 19.4. The van der Waals surface area contributed by atoms with Crippen LogP contribution in [0.1, 0.15) is 47.9 Å². The summed E-state index contributed by atoms with van der Waals surface area (Å²) in [5.74, 6) is 0.733. The molecule has 0 bridgehead atoms. The van der Waals surface area contributed by atoms with E-state index in [4.69, 9.17) is 14.7 Å². The van der Waals surface area contributed by atoms with Gasteiger partial charge in [0.1, 0.15) is 24.4 Å². The molecule has 0 spiro atoms. The van der Waals surface area contributed by atoms with Gasteiger partial charge in [0.25, 0.3) is 0 Å². The molecule has 3 aliphatic rings. The average molecular weight is 460 g/mol. The van der Waals surface area contributed by atoms with Gasteiger partial charge in [-0.3, -0.25) is 9.59 Å². The Kier molecular flexibility index (Phi) is 6.25. The Balaban J connectivity index is 1.35. The minimum Gasteiger partial charge on any atom is -0.489 e. The van der Waals surface area contributed by atoms with Crippen molar-refractivity contribution < 1.29 is 19.1 Å². The normalized spacial score (nSPS) is 22.4. The summed E-state index contributed by atoms with van der Waals surface area (Å²) < 4.78 is 11.3. The molecule has 1 aliphatic carbocycles. The minimum absolute atomic E-state index is 0.0244. The molecule has 1 saturated heterocycles. The van der Waals surface area contributed by atoms with Crippen LogP contribution in [-0.4, -0.2) is 53.5 Å². The molecular weight excluding hydrogens is 430 g/mol. The van der Waals surface area contributed by atoms with E-state index in [1.54, 1.807) is 18.1 Å². The van der Waals surface area contributed by atoms with Crippen molar-refractivity contribution in [3.63, 3.8) is 0 Å². The maximum atomic E-state index is 13.6. The minimum atomic E-state index is -0.551. The van der Waals surface area contributed by atoms with Crippen molar-refractivity contribution in [1.82, 2.24) is 9.80 Å². The first-order chi connectivity index (χ1) is 16.6. The van der Waals surface area contributed by atoms with Crippen molar-refractivity contribution in [1.29, 1.82) is 5.26 Å². The van der Waals surface area contributed by atoms with E-state index in [1.807, 2.05) is 41.3 Å². The molecular formula is C27H29N3O4. The Bertz CT molecular complexity index is 1130. The molecule has 0 aromatic heterocycles. The predicted octanol–water partition coefficient (Wildman–Crippen LogP) is 3.19. The SMILES string of the molecule is COC[C@@H]1C(=O)N2Cc3cc(OCc4cccc(C#N)c4)ccc3C[C@@H]2C(=O)N1C1CCCC1. The van der Waals surface area contributed by atoms with Crippen molar-refractivity contribution in [3.05, 3.63) is 64.7 Å². The highest BCUT2D eigenvalue weighted by Crippen LogP contribution is 2.35. The van der Waals surface area contributed by atoms with Gasteiger partial charge in [-0.1, -0.05) is 31.0 Å². The van der Waals surface area contributed by atoms with Gasteiger partial charge in [0.15, 0.2) is 0 Å². The first kappa shape index (κ1) is 22.4. The number of methoxy groups -OCH3 is 1. The summed E-state index contributed by atoms with van der Waals surface area (Å²) in [5.41, 5.74) is 3.61. The fourth-order valence-electron chi connectivity index (χ4n) is 5.56. The van der Waals surface area contributed by atoms with Gasteiger partial charge in [-0.2, -0.15) is 5.26 Å². The van der Waals surface area contributed by atoms with Crippen LogP contribution in [0.5, 0.6) is 5.75 Å². The second kappa shape index (κ2) is 9.47. The van der Waals surface area contributed by atoms with E-state index >= 15 is 0 Å². The zero-order valence-corrected chi connectivity index (χ0v) is 19.4. The summed E-state index contributed by atoms with van der Waals surface area (Å²) in [5, 5.41) is 9.09. The fourth-order valence-corrected chi connectivity index (χ4v) is 5.56. The van der Waals surface area contributed by atoms with Gasteiger partial charge in [0.05, 0.1) is 18.2 Å². The molecule has 2 aromatic carbocycles. The summed E-state index contributed by atoms with van der Waals surface area (Å²) in [6, 6.07) is 14.5. The zero-order chi connectivity index (χ0) is 23.7. The lowest BCUT2D eigenvalue weighted by Crippen LogP contribution is -2.68.